The number of nitrogens with one attached hydrogen (secondary N) is 1. The number of hydrogen-bond donors (Lipinski definition) is 1. The summed E-state index contributed by atoms with van der Waals surface area (Å²) < 4.78 is 16.3. The largest absolute Gasteiger partial charge is 0.325 e. The van der Waals surface area contributed by atoms with Crippen LogP contribution in [0.1, 0.15) is 51.1 Å². The molecule has 3 aromatic rings. The summed E-state index contributed by atoms with van der Waals surface area (Å²) in [4.78, 5) is 12.7. The number of thioether (sulfide) groups is 1. The molecule has 0 radical (unpaired) electrons. The lowest BCUT2D eigenvalue weighted by Gasteiger charge is -2.14. The Kier molecular flexibility index (Phi) is 5.90. The van der Waals surface area contributed by atoms with Crippen molar-refractivity contribution >= 4 is 23.4 Å². The Hall–Kier alpha value is -2.67. The van der Waals surface area contributed by atoms with Crippen molar-refractivity contribution in [3.8, 4) is 11.4 Å². The van der Waals surface area contributed by atoms with E-state index in [9.17, 15) is 9.18 Å². The van der Waals surface area contributed by atoms with Crippen LogP contribution in [0.3, 0.4) is 0 Å². The minimum absolute atomic E-state index is 0.102. The number of carbonyl (C=O) groups is 1. The van der Waals surface area contributed by atoms with Gasteiger partial charge in [-0.1, -0.05) is 49.9 Å². The third kappa shape index (κ3) is 4.41. The molecule has 0 saturated heterocycles. The Labute approximate surface area is 180 Å². The highest BCUT2D eigenvalue weighted by molar-refractivity contribution is 8.00. The summed E-state index contributed by atoms with van der Waals surface area (Å²) in [5.41, 5.74) is 2.44. The molecule has 1 atom stereocenters. The van der Waals surface area contributed by atoms with Crippen molar-refractivity contribution in [1.82, 2.24) is 14.8 Å². The molecule has 1 aliphatic carbocycles. The van der Waals surface area contributed by atoms with Crippen molar-refractivity contribution in [3.05, 3.63) is 59.9 Å². The van der Waals surface area contributed by atoms with Crippen LogP contribution in [0, 0.1) is 5.82 Å². The Morgan fingerprint density at radius 1 is 1.10 bits per heavy atom. The lowest BCUT2D eigenvalue weighted by atomic mass is 10.0. The van der Waals surface area contributed by atoms with Gasteiger partial charge in [0.15, 0.2) is 11.0 Å². The summed E-state index contributed by atoms with van der Waals surface area (Å²) in [6.45, 7) is 6.12. The zero-order valence-electron chi connectivity index (χ0n) is 17.3. The van der Waals surface area contributed by atoms with E-state index in [1.165, 1.54) is 23.4 Å². The van der Waals surface area contributed by atoms with E-state index in [1.54, 1.807) is 18.2 Å². The highest BCUT2D eigenvalue weighted by Gasteiger charge is 2.32. The number of amides is 1. The molecule has 1 N–H and O–H groups in total. The fourth-order valence-corrected chi connectivity index (χ4v) is 4.17. The van der Waals surface area contributed by atoms with E-state index in [2.05, 4.69) is 29.4 Å². The summed E-state index contributed by atoms with van der Waals surface area (Å²) in [5.74, 6) is 0.547. The molecular formula is C23H25FN4OS. The van der Waals surface area contributed by atoms with Gasteiger partial charge in [0.05, 0.1) is 10.8 Å². The number of hydrogen-bond acceptors (Lipinski definition) is 4. The monoisotopic (exact) mass is 424 g/mol. The summed E-state index contributed by atoms with van der Waals surface area (Å²) in [5, 5.41) is 11.8. The molecule has 0 aliphatic heterocycles. The van der Waals surface area contributed by atoms with Crippen LogP contribution in [0.4, 0.5) is 10.1 Å². The maximum Gasteiger partial charge on any atom is 0.237 e. The predicted molar refractivity (Wildman–Crippen MR) is 118 cm³/mol. The maximum absolute atomic E-state index is 14.3. The SMILES string of the molecule is CC(C)c1ccc(NC(=O)[C@@H](C)Sc2nnc(-c3ccccc3F)n2C2CC2)cc1. The van der Waals surface area contributed by atoms with Gasteiger partial charge in [0.1, 0.15) is 5.82 Å². The molecule has 7 heteroatoms. The summed E-state index contributed by atoms with van der Waals surface area (Å²) >= 11 is 1.35. The topological polar surface area (TPSA) is 59.8 Å². The van der Waals surface area contributed by atoms with Crippen LogP contribution in [-0.2, 0) is 4.79 Å². The van der Waals surface area contributed by atoms with E-state index in [0.29, 0.717) is 22.5 Å². The van der Waals surface area contributed by atoms with Gasteiger partial charge in [0.2, 0.25) is 5.91 Å². The minimum atomic E-state index is -0.370. The standard InChI is InChI=1S/C23H25FN4OS/c1-14(2)16-8-10-17(11-9-16)25-22(29)15(3)30-23-27-26-21(28(23)18-12-13-18)19-6-4-5-7-20(19)24/h4-11,14-15,18H,12-13H2,1-3H3,(H,25,29)/t15-/m1/s1. The van der Waals surface area contributed by atoms with Gasteiger partial charge < -0.3 is 5.32 Å². The number of nitrogens with zero attached hydrogens (tertiary/aromatic N) is 3. The van der Waals surface area contributed by atoms with Gasteiger partial charge in [-0.3, -0.25) is 9.36 Å². The Bertz CT molecular complexity index is 1040. The van der Waals surface area contributed by atoms with Gasteiger partial charge in [0, 0.05) is 11.7 Å². The van der Waals surface area contributed by atoms with Gasteiger partial charge >= 0.3 is 0 Å². The zero-order chi connectivity index (χ0) is 21.3. The molecule has 1 heterocycles. The third-order valence-electron chi connectivity index (χ3n) is 5.19. The van der Waals surface area contributed by atoms with Crippen molar-refractivity contribution in [3.63, 3.8) is 0 Å². The number of aromatic nitrogens is 3. The van der Waals surface area contributed by atoms with Crippen molar-refractivity contribution in [1.29, 1.82) is 0 Å². The number of carbonyl (C=O) groups excluding carboxylic acids is 1. The molecule has 1 amide bonds. The van der Waals surface area contributed by atoms with Crippen LogP contribution in [0.15, 0.2) is 53.7 Å². The predicted octanol–water partition coefficient (Wildman–Crippen LogP) is 5.66. The second kappa shape index (κ2) is 8.60. The smallest absolute Gasteiger partial charge is 0.237 e. The average Bonchev–Trinajstić information content (AvgIpc) is 3.49. The first-order valence-corrected chi connectivity index (χ1v) is 11.1. The quantitative estimate of drug-likeness (QED) is 0.497. The van der Waals surface area contributed by atoms with E-state index >= 15 is 0 Å². The minimum Gasteiger partial charge on any atom is -0.325 e. The van der Waals surface area contributed by atoms with Crippen LogP contribution in [0.25, 0.3) is 11.4 Å². The number of benzene rings is 2. The molecule has 2 aromatic carbocycles. The molecule has 4 rings (SSSR count). The van der Waals surface area contributed by atoms with E-state index < -0.39 is 0 Å². The summed E-state index contributed by atoms with van der Waals surface area (Å²) in [6.07, 6.45) is 2.02. The van der Waals surface area contributed by atoms with Crippen molar-refractivity contribution in [2.45, 2.75) is 56.0 Å². The van der Waals surface area contributed by atoms with E-state index in [0.717, 1.165) is 18.5 Å². The van der Waals surface area contributed by atoms with E-state index in [4.69, 9.17) is 0 Å². The van der Waals surface area contributed by atoms with Gasteiger partial charge in [-0.25, -0.2) is 4.39 Å². The molecule has 30 heavy (non-hydrogen) atoms. The van der Waals surface area contributed by atoms with Gasteiger partial charge in [0.25, 0.3) is 0 Å². The van der Waals surface area contributed by atoms with Gasteiger partial charge in [-0.05, 0) is 55.5 Å². The Morgan fingerprint density at radius 2 is 1.80 bits per heavy atom. The van der Waals surface area contributed by atoms with Crippen LogP contribution in [0.2, 0.25) is 0 Å². The molecule has 156 valence electrons. The van der Waals surface area contributed by atoms with Gasteiger partial charge in [-0.15, -0.1) is 10.2 Å². The zero-order valence-corrected chi connectivity index (χ0v) is 18.1. The summed E-state index contributed by atoms with van der Waals surface area (Å²) in [7, 11) is 0. The maximum atomic E-state index is 14.3. The fraction of sp³-hybridized carbons (Fsp3) is 0.348. The molecule has 0 unspecified atom stereocenters. The molecule has 1 aliphatic rings. The van der Waals surface area contributed by atoms with E-state index in [-0.39, 0.29) is 23.0 Å². The second-order valence-corrected chi connectivity index (χ2v) is 9.22. The summed E-state index contributed by atoms with van der Waals surface area (Å²) in [6, 6.07) is 14.8. The third-order valence-corrected chi connectivity index (χ3v) is 6.24. The van der Waals surface area contributed by atoms with Crippen LogP contribution >= 0.6 is 11.8 Å². The Balaban J connectivity index is 1.50. The van der Waals surface area contributed by atoms with E-state index in [1.807, 2.05) is 35.8 Å². The number of anilines is 1. The molecule has 0 bridgehead atoms. The molecule has 0 spiro atoms. The van der Waals surface area contributed by atoms with Crippen molar-refractivity contribution in [2.24, 2.45) is 0 Å². The van der Waals surface area contributed by atoms with Gasteiger partial charge in [-0.2, -0.15) is 0 Å². The second-order valence-electron chi connectivity index (χ2n) is 7.91. The molecule has 1 fully saturated rings. The van der Waals surface area contributed by atoms with Crippen molar-refractivity contribution < 1.29 is 9.18 Å². The van der Waals surface area contributed by atoms with Crippen LogP contribution in [0.5, 0.6) is 0 Å². The Morgan fingerprint density at radius 3 is 2.43 bits per heavy atom. The lowest BCUT2D eigenvalue weighted by Crippen LogP contribution is -2.23. The lowest BCUT2D eigenvalue weighted by molar-refractivity contribution is -0.115. The van der Waals surface area contributed by atoms with Crippen LogP contribution in [-0.4, -0.2) is 25.9 Å². The molecule has 5 nitrogen and oxygen atoms in total. The molecule has 1 aromatic heterocycles. The normalized spacial score (nSPS) is 14.7. The average molecular weight is 425 g/mol. The highest BCUT2D eigenvalue weighted by atomic mass is 32.2. The first kappa shape index (κ1) is 20.6. The molecule has 1 saturated carbocycles. The fourth-order valence-electron chi connectivity index (χ4n) is 3.25. The van der Waals surface area contributed by atoms with Crippen LogP contribution < -0.4 is 5.32 Å². The highest BCUT2D eigenvalue weighted by Crippen LogP contribution is 2.42. The first-order chi connectivity index (χ1) is 14.4. The number of halogens is 1. The first-order valence-electron chi connectivity index (χ1n) is 10.2. The van der Waals surface area contributed by atoms with Crippen molar-refractivity contribution in [2.75, 3.05) is 5.32 Å². The molecular weight excluding hydrogens is 399 g/mol. The number of rotatable bonds is 7.